The fourth-order valence-electron chi connectivity index (χ4n) is 3.62. The third-order valence-electron chi connectivity index (χ3n) is 5.06. The smallest absolute Gasteiger partial charge is 0.319 e. The normalized spacial score (nSPS) is 28.5. The molecule has 0 aromatic carbocycles. The molecule has 2 saturated heterocycles. The van der Waals surface area contributed by atoms with E-state index < -0.39 is 0 Å². The first kappa shape index (κ1) is 13.9. The van der Waals surface area contributed by atoms with Gasteiger partial charge in [-0.1, -0.05) is 0 Å². The van der Waals surface area contributed by atoms with Gasteiger partial charge in [0.25, 0.3) is 0 Å². The molecule has 3 fully saturated rings. The molecule has 0 radical (unpaired) electrons. The lowest BCUT2D eigenvalue weighted by atomic mass is 10.1. The highest BCUT2D eigenvalue weighted by molar-refractivity contribution is 5.89. The molecule has 22 heavy (non-hydrogen) atoms. The number of carbonyl (C=O) groups excluding carboxylic acids is 1. The minimum absolute atomic E-state index is 0.0261. The van der Waals surface area contributed by atoms with Crippen LogP contribution in [0.2, 0.25) is 0 Å². The van der Waals surface area contributed by atoms with E-state index in [4.69, 9.17) is 0 Å². The topological polar surface area (TPSA) is 61.4 Å². The van der Waals surface area contributed by atoms with Crippen LogP contribution in [-0.4, -0.2) is 57.5 Å². The molecule has 1 N–H and O–H groups in total. The molecule has 6 heteroatoms. The number of rotatable bonds is 2. The van der Waals surface area contributed by atoms with Crippen LogP contribution in [0.25, 0.3) is 0 Å². The van der Waals surface area contributed by atoms with Gasteiger partial charge in [-0.05, 0) is 39.2 Å². The fourth-order valence-corrected chi connectivity index (χ4v) is 3.62. The zero-order valence-electron chi connectivity index (χ0n) is 13.0. The molecule has 3 heterocycles. The van der Waals surface area contributed by atoms with Gasteiger partial charge in [-0.15, -0.1) is 0 Å². The average Bonchev–Trinajstić information content (AvgIpc) is 3.26. The molecule has 2 atom stereocenters. The predicted molar refractivity (Wildman–Crippen MR) is 83.8 cm³/mol. The van der Waals surface area contributed by atoms with Crippen LogP contribution in [0.4, 0.5) is 10.5 Å². The van der Waals surface area contributed by atoms with Gasteiger partial charge < -0.3 is 10.2 Å². The summed E-state index contributed by atoms with van der Waals surface area (Å²) in [7, 11) is 0. The van der Waals surface area contributed by atoms with Crippen molar-refractivity contribution in [2.75, 3.05) is 25.0 Å². The van der Waals surface area contributed by atoms with Crippen molar-refractivity contribution in [1.82, 2.24) is 19.8 Å². The summed E-state index contributed by atoms with van der Waals surface area (Å²) in [5.74, 6) is 1.45. The highest BCUT2D eigenvalue weighted by Gasteiger charge is 2.36. The predicted octanol–water partition coefficient (Wildman–Crippen LogP) is 2.05. The van der Waals surface area contributed by atoms with Gasteiger partial charge in [-0.25, -0.2) is 14.8 Å². The van der Waals surface area contributed by atoms with E-state index in [1.54, 1.807) is 12.4 Å². The third-order valence-corrected chi connectivity index (χ3v) is 5.06. The first-order valence-electron chi connectivity index (χ1n) is 8.34. The Hall–Kier alpha value is -1.69. The lowest BCUT2D eigenvalue weighted by molar-refractivity contribution is 0.0861. The molecule has 1 saturated carbocycles. The quantitative estimate of drug-likeness (QED) is 0.908. The van der Waals surface area contributed by atoms with E-state index in [-0.39, 0.29) is 12.1 Å². The number of urea groups is 1. The molecular weight excluding hydrogens is 278 g/mol. The monoisotopic (exact) mass is 301 g/mol. The Bertz CT molecular complexity index is 556. The molecule has 3 aliphatic rings. The van der Waals surface area contributed by atoms with E-state index >= 15 is 0 Å². The first-order chi connectivity index (χ1) is 10.7. The SMILES string of the molecule is C[C@@H]1CN2CCC[C@H]2CN1C(=O)Nc1cnc(C2CC2)nc1. The standard InChI is InChI=1S/C16H23N5O/c1-11-9-20-6-2-3-14(20)10-21(11)16(22)19-13-7-17-15(18-8-13)12-4-5-12/h7-8,11-12,14H,2-6,9-10H2,1H3,(H,19,22)/t11-,14+/m1/s1. The summed E-state index contributed by atoms with van der Waals surface area (Å²) in [6.07, 6.45) is 8.30. The van der Waals surface area contributed by atoms with E-state index in [1.165, 1.54) is 32.2 Å². The molecular formula is C16H23N5O. The first-order valence-corrected chi connectivity index (χ1v) is 8.34. The van der Waals surface area contributed by atoms with Gasteiger partial charge in [-0.2, -0.15) is 0 Å². The largest absolute Gasteiger partial charge is 0.322 e. The second-order valence-electron chi connectivity index (χ2n) is 6.83. The summed E-state index contributed by atoms with van der Waals surface area (Å²) in [6.45, 7) is 5.12. The van der Waals surface area contributed by atoms with Gasteiger partial charge in [0.15, 0.2) is 0 Å². The molecule has 0 unspecified atom stereocenters. The van der Waals surface area contributed by atoms with Crippen LogP contribution in [0.5, 0.6) is 0 Å². The van der Waals surface area contributed by atoms with Crippen molar-refractivity contribution in [3.63, 3.8) is 0 Å². The molecule has 2 aliphatic heterocycles. The Morgan fingerprint density at radius 2 is 2.00 bits per heavy atom. The molecule has 0 bridgehead atoms. The van der Waals surface area contributed by atoms with Gasteiger partial charge >= 0.3 is 6.03 Å². The highest BCUT2D eigenvalue weighted by atomic mass is 16.2. The zero-order valence-corrected chi connectivity index (χ0v) is 13.0. The van der Waals surface area contributed by atoms with Crippen LogP contribution < -0.4 is 5.32 Å². The van der Waals surface area contributed by atoms with Crippen LogP contribution in [-0.2, 0) is 0 Å². The Balaban J connectivity index is 1.40. The minimum atomic E-state index is -0.0261. The number of hydrogen-bond donors (Lipinski definition) is 1. The second-order valence-corrected chi connectivity index (χ2v) is 6.83. The van der Waals surface area contributed by atoms with Gasteiger partial charge in [0.05, 0.1) is 18.1 Å². The molecule has 0 spiro atoms. The van der Waals surface area contributed by atoms with Crippen LogP contribution in [0.15, 0.2) is 12.4 Å². The molecule has 2 amide bonds. The maximum absolute atomic E-state index is 12.5. The fraction of sp³-hybridized carbons (Fsp3) is 0.688. The number of piperazine rings is 1. The number of aromatic nitrogens is 2. The maximum Gasteiger partial charge on any atom is 0.322 e. The summed E-state index contributed by atoms with van der Waals surface area (Å²) >= 11 is 0. The average molecular weight is 301 g/mol. The Kier molecular flexibility index (Phi) is 3.48. The number of nitrogens with zero attached hydrogens (tertiary/aromatic N) is 4. The summed E-state index contributed by atoms with van der Waals surface area (Å²) in [5.41, 5.74) is 0.690. The van der Waals surface area contributed by atoms with Crippen molar-refractivity contribution in [1.29, 1.82) is 0 Å². The van der Waals surface area contributed by atoms with Crippen molar-refractivity contribution in [2.45, 2.75) is 50.6 Å². The molecule has 1 aromatic heterocycles. The Morgan fingerprint density at radius 3 is 2.73 bits per heavy atom. The lowest BCUT2D eigenvalue weighted by Gasteiger charge is -2.42. The lowest BCUT2D eigenvalue weighted by Crippen LogP contribution is -2.57. The molecule has 118 valence electrons. The van der Waals surface area contributed by atoms with Crippen LogP contribution >= 0.6 is 0 Å². The van der Waals surface area contributed by atoms with Crippen LogP contribution in [0.3, 0.4) is 0 Å². The number of amides is 2. The number of fused-ring (bicyclic) bond motifs is 1. The second kappa shape index (κ2) is 5.50. The van der Waals surface area contributed by atoms with E-state index in [9.17, 15) is 4.79 Å². The van der Waals surface area contributed by atoms with Gasteiger partial charge in [0.1, 0.15) is 5.82 Å². The summed E-state index contributed by atoms with van der Waals surface area (Å²) in [6, 6.07) is 0.762. The van der Waals surface area contributed by atoms with Gasteiger partial charge in [0.2, 0.25) is 0 Å². The van der Waals surface area contributed by atoms with Gasteiger partial charge in [0, 0.05) is 31.1 Å². The Morgan fingerprint density at radius 1 is 1.23 bits per heavy atom. The van der Waals surface area contributed by atoms with Crippen LogP contribution in [0, 0.1) is 0 Å². The molecule has 6 nitrogen and oxygen atoms in total. The van der Waals surface area contributed by atoms with E-state index in [2.05, 4.69) is 27.1 Å². The van der Waals surface area contributed by atoms with Gasteiger partial charge in [-0.3, -0.25) is 4.90 Å². The molecule has 1 aromatic rings. The summed E-state index contributed by atoms with van der Waals surface area (Å²) < 4.78 is 0. The third kappa shape index (κ3) is 2.67. The van der Waals surface area contributed by atoms with E-state index in [0.29, 0.717) is 17.6 Å². The summed E-state index contributed by atoms with van der Waals surface area (Å²) in [5, 5.41) is 2.95. The number of nitrogens with one attached hydrogen (secondary N) is 1. The van der Waals surface area contributed by atoms with Crippen molar-refractivity contribution in [3.05, 3.63) is 18.2 Å². The number of carbonyl (C=O) groups is 1. The highest BCUT2D eigenvalue weighted by Crippen LogP contribution is 2.37. The number of anilines is 1. The van der Waals surface area contributed by atoms with E-state index in [0.717, 1.165) is 18.9 Å². The van der Waals surface area contributed by atoms with Crippen molar-refractivity contribution >= 4 is 11.7 Å². The van der Waals surface area contributed by atoms with Crippen molar-refractivity contribution in [3.8, 4) is 0 Å². The molecule has 1 aliphatic carbocycles. The van der Waals surface area contributed by atoms with Crippen molar-refractivity contribution in [2.24, 2.45) is 0 Å². The van der Waals surface area contributed by atoms with E-state index in [1.807, 2.05) is 4.90 Å². The van der Waals surface area contributed by atoms with Crippen molar-refractivity contribution < 1.29 is 4.79 Å². The van der Waals surface area contributed by atoms with Crippen LogP contribution in [0.1, 0.15) is 44.3 Å². The maximum atomic E-state index is 12.5. The minimum Gasteiger partial charge on any atom is -0.319 e. The Labute approximate surface area is 130 Å². The summed E-state index contributed by atoms with van der Waals surface area (Å²) in [4.78, 5) is 25.7. The molecule has 4 rings (SSSR count). The number of hydrogen-bond acceptors (Lipinski definition) is 4. The zero-order chi connectivity index (χ0) is 15.1.